The molecule has 0 bridgehead atoms. The average Bonchev–Trinajstić information content (AvgIpc) is 2.87. The monoisotopic (exact) mass is 444 g/mol. The fourth-order valence-corrected chi connectivity index (χ4v) is 7.58. The van der Waals surface area contributed by atoms with Gasteiger partial charge in [0, 0.05) is 16.7 Å². The second kappa shape index (κ2) is 6.44. The van der Waals surface area contributed by atoms with Crippen LogP contribution in [-0.4, -0.2) is 57.0 Å². The minimum Gasteiger partial charge on any atom is -0.390 e. The first-order valence-electron chi connectivity index (χ1n) is 10.3. The molecule has 5 nitrogen and oxygen atoms in total. The number of hydrogen-bond acceptors (Lipinski definition) is 5. The standard InChI is InChI=1S/C22H27ClF2O5/c1-10-4-11-12-5-15(24)13-6-16(27)14(23)7-19(13,2)21(12,25)17(28)8-20(11,3)22(10,30)18(29)9-26/h6-7,10-12,15,17,26,28,30H,4-5,8-9H2,1-3H3/t10-,11-,12+,15+,17+,19+,20+,21+,22+/m1/s1. The van der Waals surface area contributed by atoms with E-state index in [1.165, 1.54) is 13.0 Å². The summed E-state index contributed by atoms with van der Waals surface area (Å²) in [5.74, 6) is -3.59. The van der Waals surface area contributed by atoms with Crippen LogP contribution in [0.4, 0.5) is 8.78 Å². The van der Waals surface area contributed by atoms with Gasteiger partial charge in [0.15, 0.2) is 17.2 Å². The van der Waals surface area contributed by atoms with Gasteiger partial charge in [-0.25, -0.2) is 8.78 Å². The fraction of sp³-hybridized carbons (Fsp3) is 0.727. The van der Waals surface area contributed by atoms with E-state index in [9.17, 15) is 24.9 Å². The molecule has 0 aromatic carbocycles. The Balaban J connectivity index is 1.89. The van der Waals surface area contributed by atoms with Crippen molar-refractivity contribution < 1.29 is 33.7 Å². The van der Waals surface area contributed by atoms with Gasteiger partial charge in [-0.15, -0.1) is 0 Å². The van der Waals surface area contributed by atoms with Crippen LogP contribution >= 0.6 is 11.6 Å². The first kappa shape index (κ1) is 22.1. The van der Waals surface area contributed by atoms with E-state index in [4.69, 9.17) is 11.6 Å². The molecule has 0 radical (unpaired) electrons. The molecular weight excluding hydrogens is 418 g/mol. The van der Waals surface area contributed by atoms with Crippen LogP contribution in [0.5, 0.6) is 0 Å². The third-order valence-electron chi connectivity index (χ3n) is 8.84. The van der Waals surface area contributed by atoms with E-state index in [0.717, 1.165) is 6.08 Å². The molecule has 0 heterocycles. The number of aliphatic hydroxyl groups excluding tert-OH is 2. The molecule has 0 spiro atoms. The van der Waals surface area contributed by atoms with Crippen LogP contribution in [0.1, 0.15) is 40.0 Å². The highest BCUT2D eigenvalue weighted by Crippen LogP contribution is 2.71. The molecule has 0 aliphatic heterocycles. The molecule has 4 aliphatic rings. The highest BCUT2D eigenvalue weighted by atomic mass is 35.5. The lowest BCUT2D eigenvalue weighted by Gasteiger charge is -2.63. The molecule has 3 saturated carbocycles. The molecule has 0 aromatic heterocycles. The molecule has 4 rings (SSSR count). The zero-order chi connectivity index (χ0) is 22.4. The van der Waals surface area contributed by atoms with E-state index >= 15 is 8.78 Å². The number of halogens is 3. The Morgan fingerprint density at radius 1 is 1.30 bits per heavy atom. The molecule has 0 unspecified atom stereocenters. The average molecular weight is 445 g/mol. The molecule has 8 heteroatoms. The Kier molecular flexibility index (Phi) is 4.73. The lowest BCUT2D eigenvalue weighted by molar-refractivity contribution is -0.223. The molecule has 3 fully saturated rings. The largest absolute Gasteiger partial charge is 0.390 e. The molecular formula is C22H27ClF2O5. The predicted octanol–water partition coefficient (Wildman–Crippen LogP) is 2.41. The van der Waals surface area contributed by atoms with E-state index in [1.807, 2.05) is 0 Å². The van der Waals surface area contributed by atoms with Gasteiger partial charge in [-0.05, 0) is 55.7 Å². The van der Waals surface area contributed by atoms with Crippen molar-refractivity contribution in [3.8, 4) is 0 Å². The van der Waals surface area contributed by atoms with Crippen molar-refractivity contribution in [3.05, 3.63) is 22.8 Å². The summed E-state index contributed by atoms with van der Waals surface area (Å²) in [6.45, 7) is 3.84. The first-order valence-corrected chi connectivity index (χ1v) is 10.7. The number of rotatable bonds is 2. The summed E-state index contributed by atoms with van der Waals surface area (Å²) in [6, 6.07) is 0. The van der Waals surface area contributed by atoms with Gasteiger partial charge in [-0.2, -0.15) is 0 Å². The van der Waals surface area contributed by atoms with Crippen molar-refractivity contribution in [3.63, 3.8) is 0 Å². The summed E-state index contributed by atoms with van der Waals surface area (Å²) in [6.07, 6.45) is -1.28. The number of hydrogen-bond donors (Lipinski definition) is 3. The summed E-state index contributed by atoms with van der Waals surface area (Å²) in [4.78, 5) is 24.6. The number of ketones is 2. The van der Waals surface area contributed by atoms with Crippen LogP contribution in [0.25, 0.3) is 0 Å². The molecule has 0 saturated heterocycles. The van der Waals surface area contributed by atoms with Crippen molar-refractivity contribution in [2.75, 3.05) is 6.61 Å². The van der Waals surface area contributed by atoms with Gasteiger partial charge in [0.05, 0.1) is 11.1 Å². The van der Waals surface area contributed by atoms with Crippen LogP contribution < -0.4 is 0 Å². The zero-order valence-corrected chi connectivity index (χ0v) is 17.9. The van der Waals surface area contributed by atoms with E-state index in [-0.39, 0.29) is 29.9 Å². The number of aliphatic hydroxyl groups is 3. The Bertz CT molecular complexity index is 889. The maximum Gasteiger partial charge on any atom is 0.196 e. The fourth-order valence-electron chi connectivity index (χ4n) is 7.31. The SMILES string of the molecule is C[C@@H]1C[C@@H]2[C@@H]3C[C@H](F)C4=CC(=O)C(Cl)=C[C@]4(C)[C@@]3(F)[C@@H](O)C[C@]2(C)[C@@]1(O)C(=O)CO. The molecule has 4 aliphatic carbocycles. The number of carbonyl (C=O) groups is 2. The van der Waals surface area contributed by atoms with Gasteiger partial charge in [0.2, 0.25) is 0 Å². The minimum atomic E-state index is -2.33. The van der Waals surface area contributed by atoms with Gasteiger partial charge in [0.1, 0.15) is 18.4 Å². The van der Waals surface area contributed by atoms with Crippen LogP contribution in [0, 0.1) is 28.6 Å². The highest BCUT2D eigenvalue weighted by Gasteiger charge is 2.76. The van der Waals surface area contributed by atoms with Crippen LogP contribution in [0.3, 0.4) is 0 Å². The summed E-state index contributed by atoms with van der Waals surface area (Å²) < 4.78 is 32.3. The highest BCUT2D eigenvalue weighted by molar-refractivity contribution is 6.44. The third kappa shape index (κ3) is 2.27. The second-order valence-corrected chi connectivity index (χ2v) is 10.4. The lowest BCUT2D eigenvalue weighted by Crippen LogP contribution is -2.70. The number of fused-ring (bicyclic) bond motifs is 5. The summed E-state index contributed by atoms with van der Waals surface area (Å²) in [5.41, 5.74) is -7.19. The van der Waals surface area contributed by atoms with Crippen molar-refractivity contribution >= 4 is 23.2 Å². The number of Topliss-reactive ketones (excluding diaryl/α,β-unsaturated/α-hetero) is 1. The van der Waals surface area contributed by atoms with Gasteiger partial charge < -0.3 is 15.3 Å². The smallest absolute Gasteiger partial charge is 0.196 e. The molecule has 0 amide bonds. The maximum atomic E-state index is 17.0. The Morgan fingerprint density at radius 2 is 1.93 bits per heavy atom. The number of allylic oxidation sites excluding steroid dienone is 4. The molecule has 30 heavy (non-hydrogen) atoms. The molecule has 0 aromatic rings. The minimum absolute atomic E-state index is 0.0361. The zero-order valence-electron chi connectivity index (χ0n) is 17.2. The van der Waals surface area contributed by atoms with Crippen LogP contribution in [-0.2, 0) is 9.59 Å². The second-order valence-electron chi connectivity index (χ2n) is 9.96. The normalized spacial score (nSPS) is 52.7. The van der Waals surface area contributed by atoms with Crippen molar-refractivity contribution in [2.24, 2.45) is 28.6 Å². The Hall–Kier alpha value is -1.15. The number of alkyl halides is 2. The van der Waals surface area contributed by atoms with Gasteiger partial charge in [-0.3, -0.25) is 9.59 Å². The van der Waals surface area contributed by atoms with E-state index < -0.39 is 70.3 Å². The topological polar surface area (TPSA) is 94.8 Å². The lowest BCUT2D eigenvalue weighted by atomic mass is 9.44. The molecule has 166 valence electrons. The summed E-state index contributed by atoms with van der Waals surface area (Å²) in [7, 11) is 0. The van der Waals surface area contributed by atoms with Gasteiger partial charge in [0.25, 0.3) is 0 Å². The first-order chi connectivity index (χ1) is 13.8. The van der Waals surface area contributed by atoms with E-state index in [0.29, 0.717) is 0 Å². The predicted molar refractivity (Wildman–Crippen MR) is 105 cm³/mol. The van der Waals surface area contributed by atoms with Gasteiger partial charge >= 0.3 is 0 Å². The molecule has 3 N–H and O–H groups in total. The van der Waals surface area contributed by atoms with E-state index in [1.54, 1.807) is 13.8 Å². The van der Waals surface area contributed by atoms with Crippen molar-refractivity contribution in [2.45, 2.75) is 63.6 Å². The van der Waals surface area contributed by atoms with E-state index in [2.05, 4.69) is 0 Å². The van der Waals surface area contributed by atoms with Gasteiger partial charge in [-0.1, -0.05) is 25.4 Å². The molecule has 9 atom stereocenters. The Morgan fingerprint density at radius 3 is 2.53 bits per heavy atom. The third-order valence-corrected chi connectivity index (χ3v) is 9.13. The van der Waals surface area contributed by atoms with Crippen LogP contribution in [0.15, 0.2) is 22.8 Å². The quantitative estimate of drug-likeness (QED) is 0.608. The summed E-state index contributed by atoms with van der Waals surface area (Å²) in [5, 5.41) is 31.7. The van der Waals surface area contributed by atoms with Crippen molar-refractivity contribution in [1.82, 2.24) is 0 Å². The van der Waals surface area contributed by atoms with Crippen molar-refractivity contribution in [1.29, 1.82) is 0 Å². The Labute approximate surface area is 178 Å². The number of carbonyl (C=O) groups excluding carboxylic acids is 2. The summed E-state index contributed by atoms with van der Waals surface area (Å²) >= 11 is 6.02. The maximum absolute atomic E-state index is 17.0. The van der Waals surface area contributed by atoms with Crippen LogP contribution in [0.2, 0.25) is 0 Å².